The van der Waals surface area contributed by atoms with Crippen LogP contribution in [0.1, 0.15) is 6.42 Å². The van der Waals surface area contributed by atoms with Gasteiger partial charge in [0.05, 0.1) is 6.61 Å². The number of carbonyl (C=O) groups is 1. The lowest BCUT2D eigenvalue weighted by Crippen LogP contribution is -2.67. The lowest BCUT2D eigenvalue weighted by molar-refractivity contribution is -0.146. The fourth-order valence-corrected chi connectivity index (χ4v) is 1.81. The Morgan fingerprint density at radius 2 is 2.58 bits per heavy atom. The Bertz CT molecular complexity index is 195. The van der Waals surface area contributed by atoms with Crippen molar-refractivity contribution < 1.29 is 9.53 Å². The van der Waals surface area contributed by atoms with E-state index < -0.39 is 0 Å². The zero-order valence-corrected chi connectivity index (χ0v) is 7.25. The summed E-state index contributed by atoms with van der Waals surface area (Å²) in [7, 11) is 1.62. The number of rotatable bonds is 2. The van der Waals surface area contributed by atoms with Gasteiger partial charge in [0.2, 0.25) is 5.91 Å². The number of ether oxygens (including phenoxy) is 1. The van der Waals surface area contributed by atoms with Crippen LogP contribution in [-0.2, 0) is 9.53 Å². The third-order valence-electron chi connectivity index (χ3n) is 2.66. The lowest BCUT2D eigenvalue weighted by atomic mass is 9.98. The molecule has 0 saturated carbocycles. The number of hydrogen-bond donors (Lipinski definition) is 1. The van der Waals surface area contributed by atoms with Crippen LogP contribution in [0.25, 0.3) is 0 Å². The number of hydrogen-bond acceptors (Lipinski definition) is 3. The summed E-state index contributed by atoms with van der Waals surface area (Å²) in [6.07, 6.45) is 1.15. The third kappa shape index (κ3) is 1.11. The van der Waals surface area contributed by atoms with Crippen LogP contribution in [0.3, 0.4) is 0 Å². The van der Waals surface area contributed by atoms with E-state index in [0.29, 0.717) is 12.6 Å². The highest BCUT2D eigenvalue weighted by Crippen LogP contribution is 2.21. The summed E-state index contributed by atoms with van der Waals surface area (Å²) in [6, 6.07) is 0.358. The van der Waals surface area contributed by atoms with Crippen LogP contribution in [0, 0.1) is 0 Å². The van der Waals surface area contributed by atoms with Crippen LogP contribution in [0.15, 0.2) is 0 Å². The summed E-state index contributed by atoms with van der Waals surface area (Å²) in [4.78, 5) is 13.5. The van der Waals surface area contributed by atoms with Gasteiger partial charge in [0.25, 0.3) is 0 Å². The highest BCUT2D eigenvalue weighted by atomic mass is 16.5. The number of methoxy groups -OCH3 is 1. The lowest BCUT2D eigenvalue weighted by Gasteiger charge is -2.47. The van der Waals surface area contributed by atoms with E-state index in [1.54, 1.807) is 7.11 Å². The Labute approximate surface area is 71.9 Å². The summed E-state index contributed by atoms with van der Waals surface area (Å²) in [5.74, 6) is 0.208. The zero-order chi connectivity index (χ0) is 8.55. The van der Waals surface area contributed by atoms with E-state index >= 15 is 0 Å². The molecule has 2 atom stereocenters. The van der Waals surface area contributed by atoms with Crippen molar-refractivity contribution in [1.82, 2.24) is 10.2 Å². The van der Waals surface area contributed by atoms with E-state index in [1.165, 1.54) is 0 Å². The molecule has 2 aliphatic heterocycles. The first-order valence-electron chi connectivity index (χ1n) is 4.35. The molecule has 0 bridgehead atoms. The summed E-state index contributed by atoms with van der Waals surface area (Å²) in [5.41, 5.74) is 0. The predicted octanol–water partition coefficient (Wildman–Crippen LogP) is -0.794. The Kier molecular flexibility index (Phi) is 2.02. The molecule has 4 heteroatoms. The van der Waals surface area contributed by atoms with Crippen molar-refractivity contribution in [3.8, 4) is 0 Å². The Morgan fingerprint density at radius 1 is 1.75 bits per heavy atom. The van der Waals surface area contributed by atoms with Gasteiger partial charge in [-0.3, -0.25) is 4.79 Å². The van der Waals surface area contributed by atoms with Crippen LogP contribution in [0.5, 0.6) is 0 Å². The molecule has 68 valence electrons. The molecule has 1 amide bonds. The Hall–Kier alpha value is -0.610. The summed E-state index contributed by atoms with van der Waals surface area (Å²) >= 11 is 0. The first-order valence-corrected chi connectivity index (χ1v) is 4.35. The van der Waals surface area contributed by atoms with Crippen LogP contribution in [0.2, 0.25) is 0 Å². The number of piperazine rings is 1. The van der Waals surface area contributed by atoms with E-state index in [0.717, 1.165) is 19.5 Å². The maximum Gasteiger partial charge on any atom is 0.242 e. The molecule has 0 radical (unpaired) electrons. The van der Waals surface area contributed by atoms with Gasteiger partial charge >= 0.3 is 0 Å². The standard InChI is InChI=1S/C8H14N2O2/c1-12-5-7-8(11)10-3-2-6(10)4-9-7/h6-7,9H,2-5H2,1H3. The van der Waals surface area contributed by atoms with Crippen molar-refractivity contribution in [3.05, 3.63) is 0 Å². The molecule has 4 nitrogen and oxygen atoms in total. The van der Waals surface area contributed by atoms with Crippen molar-refractivity contribution in [2.24, 2.45) is 0 Å². The van der Waals surface area contributed by atoms with Gasteiger partial charge in [0.15, 0.2) is 0 Å². The number of amides is 1. The number of nitrogens with zero attached hydrogens (tertiary/aromatic N) is 1. The van der Waals surface area contributed by atoms with Crippen molar-refractivity contribution in [3.63, 3.8) is 0 Å². The number of fused-ring (bicyclic) bond motifs is 1. The first kappa shape index (κ1) is 8.01. The second-order valence-electron chi connectivity index (χ2n) is 3.39. The molecule has 0 aromatic rings. The van der Waals surface area contributed by atoms with Crippen LogP contribution in [-0.4, -0.2) is 49.7 Å². The van der Waals surface area contributed by atoms with E-state index in [2.05, 4.69) is 5.32 Å². The van der Waals surface area contributed by atoms with Crippen molar-refractivity contribution >= 4 is 5.91 Å². The van der Waals surface area contributed by atoms with Crippen molar-refractivity contribution in [2.75, 3.05) is 26.8 Å². The van der Waals surface area contributed by atoms with E-state index in [9.17, 15) is 4.79 Å². The fraction of sp³-hybridized carbons (Fsp3) is 0.875. The molecule has 0 aromatic heterocycles. The van der Waals surface area contributed by atoms with E-state index in [4.69, 9.17) is 4.74 Å². The van der Waals surface area contributed by atoms with Gasteiger partial charge in [0, 0.05) is 26.2 Å². The van der Waals surface area contributed by atoms with E-state index in [-0.39, 0.29) is 11.9 Å². The van der Waals surface area contributed by atoms with Crippen LogP contribution >= 0.6 is 0 Å². The van der Waals surface area contributed by atoms with Gasteiger partial charge in [-0.1, -0.05) is 0 Å². The zero-order valence-electron chi connectivity index (χ0n) is 7.25. The van der Waals surface area contributed by atoms with Gasteiger partial charge in [-0.15, -0.1) is 0 Å². The molecule has 2 heterocycles. The molecule has 0 aromatic carbocycles. The van der Waals surface area contributed by atoms with Gasteiger partial charge in [0.1, 0.15) is 6.04 Å². The minimum atomic E-state index is -0.105. The number of carbonyl (C=O) groups excluding carboxylic acids is 1. The number of nitrogens with one attached hydrogen (secondary N) is 1. The van der Waals surface area contributed by atoms with Gasteiger partial charge in [-0.25, -0.2) is 0 Å². The summed E-state index contributed by atoms with van der Waals surface area (Å²) < 4.78 is 4.95. The molecule has 2 unspecified atom stereocenters. The maximum atomic E-state index is 11.6. The quantitative estimate of drug-likeness (QED) is 0.590. The molecule has 2 rings (SSSR count). The topological polar surface area (TPSA) is 41.6 Å². The third-order valence-corrected chi connectivity index (χ3v) is 2.66. The van der Waals surface area contributed by atoms with Crippen molar-refractivity contribution in [1.29, 1.82) is 0 Å². The molecule has 1 N–H and O–H groups in total. The first-order chi connectivity index (χ1) is 5.83. The second kappa shape index (κ2) is 3.03. The highest BCUT2D eigenvalue weighted by Gasteiger charge is 2.39. The molecule has 2 saturated heterocycles. The molecular formula is C8H14N2O2. The van der Waals surface area contributed by atoms with Crippen molar-refractivity contribution in [2.45, 2.75) is 18.5 Å². The minimum absolute atomic E-state index is 0.105. The minimum Gasteiger partial charge on any atom is -0.383 e. The maximum absolute atomic E-state index is 11.6. The summed E-state index contributed by atoms with van der Waals surface area (Å²) in [5, 5.41) is 3.18. The van der Waals surface area contributed by atoms with Gasteiger partial charge in [-0.2, -0.15) is 0 Å². The fourth-order valence-electron chi connectivity index (χ4n) is 1.81. The molecule has 0 spiro atoms. The molecule has 12 heavy (non-hydrogen) atoms. The predicted molar refractivity (Wildman–Crippen MR) is 43.8 cm³/mol. The van der Waals surface area contributed by atoms with Gasteiger partial charge < -0.3 is 15.0 Å². The van der Waals surface area contributed by atoms with Crippen LogP contribution in [0.4, 0.5) is 0 Å². The molecule has 2 fully saturated rings. The van der Waals surface area contributed by atoms with Gasteiger partial charge in [-0.05, 0) is 6.42 Å². The second-order valence-corrected chi connectivity index (χ2v) is 3.39. The monoisotopic (exact) mass is 170 g/mol. The van der Waals surface area contributed by atoms with Crippen LogP contribution < -0.4 is 5.32 Å². The SMILES string of the molecule is COCC1NCC2CCN2C1=O. The largest absolute Gasteiger partial charge is 0.383 e. The smallest absolute Gasteiger partial charge is 0.242 e. The Morgan fingerprint density at radius 3 is 3.17 bits per heavy atom. The van der Waals surface area contributed by atoms with E-state index in [1.807, 2.05) is 4.90 Å². The normalized spacial score (nSPS) is 34.4. The average Bonchev–Trinajstić information content (AvgIpc) is 1.98. The average molecular weight is 170 g/mol. The highest BCUT2D eigenvalue weighted by molar-refractivity contribution is 5.84. The summed E-state index contributed by atoms with van der Waals surface area (Å²) in [6.45, 7) is 2.35. The Balaban J connectivity index is 1.95. The molecular weight excluding hydrogens is 156 g/mol. The molecule has 2 aliphatic rings. The molecule has 0 aliphatic carbocycles.